The maximum atomic E-state index is 11.6. The second-order valence-corrected chi connectivity index (χ2v) is 3.66. The van der Waals surface area contributed by atoms with Gasteiger partial charge in [-0.3, -0.25) is 4.79 Å². The highest BCUT2D eigenvalue weighted by Gasteiger charge is 2.36. The standard InChI is InChI=1S/C12H12O2/c1-12(9-14-12)8-7-11(13)10-5-3-2-4-6-10/h2-8H,9H2,1H3/b8-7+. The van der Waals surface area contributed by atoms with Crippen LogP contribution >= 0.6 is 0 Å². The monoisotopic (exact) mass is 188 g/mol. The lowest BCUT2D eigenvalue weighted by molar-refractivity contribution is 0.104. The Morgan fingerprint density at radius 2 is 2.07 bits per heavy atom. The fourth-order valence-corrected chi connectivity index (χ4v) is 1.16. The fraction of sp³-hybridized carbons (Fsp3) is 0.250. The van der Waals surface area contributed by atoms with Crippen LogP contribution in [0.2, 0.25) is 0 Å². The minimum absolute atomic E-state index is 0.0299. The van der Waals surface area contributed by atoms with Crippen LogP contribution < -0.4 is 0 Å². The van der Waals surface area contributed by atoms with Crippen molar-refractivity contribution in [1.29, 1.82) is 0 Å². The first kappa shape index (κ1) is 9.16. The first-order valence-electron chi connectivity index (χ1n) is 4.62. The van der Waals surface area contributed by atoms with E-state index in [4.69, 9.17) is 4.74 Å². The van der Waals surface area contributed by atoms with Crippen molar-refractivity contribution < 1.29 is 9.53 Å². The highest BCUT2D eigenvalue weighted by atomic mass is 16.6. The van der Waals surface area contributed by atoms with E-state index in [2.05, 4.69) is 0 Å². The Labute approximate surface area is 83.2 Å². The molecule has 0 N–H and O–H groups in total. The third-order valence-electron chi connectivity index (χ3n) is 2.25. The van der Waals surface area contributed by atoms with E-state index in [0.29, 0.717) is 12.2 Å². The van der Waals surface area contributed by atoms with Crippen molar-refractivity contribution >= 4 is 5.78 Å². The van der Waals surface area contributed by atoms with E-state index in [0.717, 1.165) is 0 Å². The van der Waals surface area contributed by atoms with Crippen LogP contribution in [0.5, 0.6) is 0 Å². The molecule has 0 aromatic heterocycles. The molecule has 1 saturated heterocycles. The molecule has 0 radical (unpaired) electrons. The molecule has 1 aromatic rings. The lowest BCUT2D eigenvalue weighted by Gasteiger charge is -1.95. The zero-order valence-corrected chi connectivity index (χ0v) is 8.07. The molecule has 1 fully saturated rings. The Morgan fingerprint density at radius 1 is 1.43 bits per heavy atom. The fourth-order valence-electron chi connectivity index (χ4n) is 1.16. The van der Waals surface area contributed by atoms with Gasteiger partial charge in [-0.2, -0.15) is 0 Å². The molecule has 2 rings (SSSR count). The third kappa shape index (κ3) is 2.09. The number of benzene rings is 1. The summed E-state index contributed by atoms with van der Waals surface area (Å²) in [5, 5.41) is 0. The Bertz CT molecular complexity index is 361. The van der Waals surface area contributed by atoms with E-state index in [1.165, 1.54) is 0 Å². The van der Waals surface area contributed by atoms with E-state index in [9.17, 15) is 4.79 Å². The van der Waals surface area contributed by atoms with Crippen LogP contribution in [-0.2, 0) is 4.74 Å². The number of hydrogen-bond acceptors (Lipinski definition) is 2. The lowest BCUT2D eigenvalue weighted by atomic mass is 10.1. The van der Waals surface area contributed by atoms with Crippen LogP contribution in [0.15, 0.2) is 42.5 Å². The van der Waals surface area contributed by atoms with Crippen LogP contribution in [0.1, 0.15) is 17.3 Å². The minimum Gasteiger partial charge on any atom is -0.365 e. The van der Waals surface area contributed by atoms with Crippen molar-refractivity contribution in [3.05, 3.63) is 48.0 Å². The quantitative estimate of drug-likeness (QED) is 0.413. The maximum absolute atomic E-state index is 11.6. The number of epoxide rings is 1. The van der Waals surface area contributed by atoms with Gasteiger partial charge in [0.25, 0.3) is 0 Å². The summed E-state index contributed by atoms with van der Waals surface area (Å²) in [5.74, 6) is 0.0299. The molecule has 0 saturated carbocycles. The summed E-state index contributed by atoms with van der Waals surface area (Å²) in [7, 11) is 0. The van der Waals surface area contributed by atoms with Gasteiger partial charge in [-0.25, -0.2) is 0 Å². The molecule has 72 valence electrons. The zero-order valence-electron chi connectivity index (χ0n) is 8.07. The van der Waals surface area contributed by atoms with Gasteiger partial charge in [0.2, 0.25) is 0 Å². The summed E-state index contributed by atoms with van der Waals surface area (Å²) in [6.07, 6.45) is 3.41. The van der Waals surface area contributed by atoms with Gasteiger partial charge in [0.1, 0.15) is 5.60 Å². The van der Waals surface area contributed by atoms with Crippen molar-refractivity contribution in [3.63, 3.8) is 0 Å². The van der Waals surface area contributed by atoms with E-state index in [1.807, 2.05) is 43.3 Å². The lowest BCUT2D eigenvalue weighted by Crippen LogP contribution is -2.00. The number of rotatable bonds is 3. The van der Waals surface area contributed by atoms with Gasteiger partial charge in [0.15, 0.2) is 5.78 Å². The summed E-state index contributed by atoms with van der Waals surface area (Å²) in [6.45, 7) is 2.67. The number of carbonyl (C=O) groups excluding carboxylic acids is 1. The first-order valence-corrected chi connectivity index (χ1v) is 4.62. The van der Waals surface area contributed by atoms with Crippen LogP contribution in [0.3, 0.4) is 0 Å². The normalized spacial score (nSPS) is 25.2. The predicted molar refractivity (Wildman–Crippen MR) is 54.3 cm³/mol. The van der Waals surface area contributed by atoms with Crippen molar-refractivity contribution in [2.75, 3.05) is 6.61 Å². The Morgan fingerprint density at radius 3 is 2.64 bits per heavy atom. The molecule has 1 aliphatic rings. The number of ether oxygens (including phenoxy) is 1. The average molecular weight is 188 g/mol. The molecular weight excluding hydrogens is 176 g/mol. The molecule has 14 heavy (non-hydrogen) atoms. The van der Waals surface area contributed by atoms with Gasteiger partial charge in [0.05, 0.1) is 6.61 Å². The Hall–Kier alpha value is -1.41. The second-order valence-electron chi connectivity index (χ2n) is 3.66. The largest absolute Gasteiger partial charge is 0.365 e. The molecule has 0 bridgehead atoms. The molecule has 0 amide bonds. The van der Waals surface area contributed by atoms with E-state index in [1.54, 1.807) is 6.08 Å². The zero-order chi connectivity index (χ0) is 10.0. The molecule has 1 atom stereocenters. The SMILES string of the molecule is CC1(/C=C/C(=O)c2ccccc2)CO1. The molecular formula is C12H12O2. The summed E-state index contributed by atoms with van der Waals surface area (Å²) >= 11 is 0. The third-order valence-corrected chi connectivity index (χ3v) is 2.25. The smallest absolute Gasteiger partial charge is 0.185 e. The second kappa shape index (κ2) is 3.39. The predicted octanol–water partition coefficient (Wildman–Crippen LogP) is 2.21. The van der Waals surface area contributed by atoms with Crippen LogP contribution in [0, 0.1) is 0 Å². The van der Waals surface area contributed by atoms with Gasteiger partial charge < -0.3 is 4.74 Å². The molecule has 2 heteroatoms. The summed E-state index contributed by atoms with van der Waals surface area (Å²) < 4.78 is 5.14. The van der Waals surface area contributed by atoms with Gasteiger partial charge in [0, 0.05) is 5.56 Å². The van der Waals surface area contributed by atoms with Gasteiger partial charge in [-0.05, 0) is 19.1 Å². The number of allylic oxidation sites excluding steroid dienone is 1. The van der Waals surface area contributed by atoms with Crippen molar-refractivity contribution in [3.8, 4) is 0 Å². The molecule has 2 nitrogen and oxygen atoms in total. The number of ketones is 1. The van der Waals surface area contributed by atoms with E-state index in [-0.39, 0.29) is 11.4 Å². The van der Waals surface area contributed by atoms with Crippen LogP contribution in [0.25, 0.3) is 0 Å². The van der Waals surface area contributed by atoms with Gasteiger partial charge in [-0.1, -0.05) is 30.3 Å². The molecule has 1 aromatic carbocycles. The molecule has 0 aliphatic carbocycles. The summed E-state index contributed by atoms with van der Waals surface area (Å²) in [6, 6.07) is 9.23. The Balaban J connectivity index is 2.06. The Kier molecular flexibility index (Phi) is 2.22. The topological polar surface area (TPSA) is 29.6 Å². The average Bonchev–Trinajstić information content (AvgIpc) is 2.95. The van der Waals surface area contributed by atoms with Crippen molar-refractivity contribution in [2.45, 2.75) is 12.5 Å². The molecule has 1 unspecified atom stereocenters. The molecule has 0 spiro atoms. The minimum atomic E-state index is -0.190. The van der Waals surface area contributed by atoms with Gasteiger partial charge >= 0.3 is 0 Å². The van der Waals surface area contributed by atoms with E-state index >= 15 is 0 Å². The highest BCUT2D eigenvalue weighted by Crippen LogP contribution is 2.27. The molecule has 1 aliphatic heterocycles. The van der Waals surface area contributed by atoms with Crippen LogP contribution in [-0.4, -0.2) is 18.0 Å². The van der Waals surface area contributed by atoms with Crippen LogP contribution in [0.4, 0.5) is 0 Å². The van der Waals surface area contributed by atoms with Gasteiger partial charge in [-0.15, -0.1) is 0 Å². The molecule has 1 heterocycles. The maximum Gasteiger partial charge on any atom is 0.185 e. The summed E-state index contributed by atoms with van der Waals surface area (Å²) in [5.41, 5.74) is 0.526. The summed E-state index contributed by atoms with van der Waals surface area (Å²) in [4.78, 5) is 11.6. The van der Waals surface area contributed by atoms with E-state index < -0.39 is 0 Å². The van der Waals surface area contributed by atoms with Crippen molar-refractivity contribution in [1.82, 2.24) is 0 Å². The highest BCUT2D eigenvalue weighted by molar-refractivity contribution is 6.04. The van der Waals surface area contributed by atoms with Crippen molar-refractivity contribution in [2.24, 2.45) is 0 Å². The number of hydrogen-bond donors (Lipinski definition) is 0. The first-order chi connectivity index (χ1) is 6.70. The number of carbonyl (C=O) groups is 1.